The molecule has 0 radical (unpaired) electrons. The Morgan fingerprint density at radius 1 is 0.828 bits per heavy atom. The van der Waals surface area contributed by atoms with Gasteiger partial charge in [0.1, 0.15) is 11.5 Å². The quantitative estimate of drug-likeness (QED) is 0.713. The van der Waals surface area contributed by atoms with Crippen LogP contribution in [0.5, 0.6) is 11.5 Å². The maximum atomic E-state index is 12.5. The van der Waals surface area contributed by atoms with E-state index in [2.05, 4.69) is 5.32 Å². The lowest BCUT2D eigenvalue weighted by Gasteiger charge is -2.31. The van der Waals surface area contributed by atoms with Crippen molar-refractivity contribution in [1.29, 1.82) is 0 Å². The molecule has 5 nitrogen and oxygen atoms in total. The number of aliphatic carboxylic acids is 1. The summed E-state index contributed by atoms with van der Waals surface area (Å²) in [5, 5.41) is 16.4. The van der Waals surface area contributed by atoms with Crippen LogP contribution in [0.4, 0.5) is 5.69 Å². The predicted octanol–water partition coefficient (Wildman–Crippen LogP) is 4.13. The normalized spacial score (nSPS) is 18.9. The molecule has 0 spiro atoms. The number of rotatable bonds is 5. The summed E-state index contributed by atoms with van der Waals surface area (Å²) in [7, 11) is 0. The van der Waals surface area contributed by atoms with Gasteiger partial charge in [0.15, 0.2) is 0 Å². The molecule has 1 aliphatic carbocycles. The van der Waals surface area contributed by atoms with Gasteiger partial charge in [0.05, 0.1) is 0 Å². The zero-order chi connectivity index (χ0) is 20.2. The van der Waals surface area contributed by atoms with Gasteiger partial charge in [-0.1, -0.05) is 43.2 Å². The Kier molecular flexibility index (Phi) is 5.47. The van der Waals surface area contributed by atoms with Gasteiger partial charge in [-0.2, -0.15) is 0 Å². The van der Waals surface area contributed by atoms with Crippen molar-refractivity contribution in [3.05, 3.63) is 66.7 Å². The van der Waals surface area contributed by atoms with Crippen molar-refractivity contribution in [1.82, 2.24) is 0 Å². The van der Waals surface area contributed by atoms with E-state index in [0.717, 1.165) is 29.4 Å². The average Bonchev–Trinajstić information content (AvgIpc) is 2.75. The van der Waals surface area contributed by atoms with E-state index >= 15 is 0 Å². The molecule has 0 unspecified atom stereocenters. The number of amides is 1. The SMILES string of the molecule is O=C([O-])[C@H]1CCCC[C@H]1C(=O)Nc1ccc(Oc2ccc3ccccc3c2)cc1. The summed E-state index contributed by atoms with van der Waals surface area (Å²) in [5.41, 5.74) is 0.614. The minimum atomic E-state index is -1.14. The molecule has 3 aromatic carbocycles. The van der Waals surface area contributed by atoms with Gasteiger partial charge >= 0.3 is 0 Å². The van der Waals surface area contributed by atoms with E-state index in [4.69, 9.17) is 4.74 Å². The summed E-state index contributed by atoms with van der Waals surface area (Å²) >= 11 is 0. The molecule has 148 valence electrons. The Bertz CT molecular complexity index is 1030. The molecule has 29 heavy (non-hydrogen) atoms. The predicted molar refractivity (Wildman–Crippen MR) is 110 cm³/mol. The second-order valence-corrected chi connectivity index (χ2v) is 7.44. The molecule has 0 aliphatic heterocycles. The van der Waals surface area contributed by atoms with Crippen LogP contribution < -0.4 is 15.2 Å². The maximum absolute atomic E-state index is 12.5. The number of hydrogen-bond donors (Lipinski definition) is 1. The molecule has 1 saturated carbocycles. The number of hydrogen-bond acceptors (Lipinski definition) is 4. The fourth-order valence-electron chi connectivity index (χ4n) is 3.94. The van der Waals surface area contributed by atoms with Gasteiger partial charge in [-0.25, -0.2) is 0 Å². The number of nitrogens with one attached hydrogen (secondary N) is 1. The van der Waals surface area contributed by atoms with Gasteiger partial charge in [0.25, 0.3) is 0 Å². The van der Waals surface area contributed by atoms with Crippen molar-refractivity contribution in [2.24, 2.45) is 11.8 Å². The summed E-state index contributed by atoms with van der Waals surface area (Å²) in [6.45, 7) is 0. The zero-order valence-electron chi connectivity index (χ0n) is 16.0. The van der Waals surface area contributed by atoms with Crippen molar-refractivity contribution >= 4 is 28.3 Å². The average molecular weight is 388 g/mol. The molecule has 0 aromatic heterocycles. The van der Waals surface area contributed by atoms with Crippen LogP contribution in [-0.2, 0) is 9.59 Å². The summed E-state index contributed by atoms with van der Waals surface area (Å²) in [5.74, 6) is -1.25. The maximum Gasteiger partial charge on any atom is 0.228 e. The third-order valence-electron chi connectivity index (χ3n) is 5.48. The van der Waals surface area contributed by atoms with E-state index in [-0.39, 0.29) is 5.91 Å². The number of carboxylic acids is 1. The minimum absolute atomic E-state index is 0.262. The largest absolute Gasteiger partial charge is 0.550 e. The first kappa shape index (κ1) is 19.0. The molecular weight excluding hydrogens is 366 g/mol. The molecule has 1 aliphatic rings. The molecule has 3 aromatic rings. The number of carbonyl (C=O) groups is 2. The van der Waals surface area contributed by atoms with Crippen LogP contribution in [-0.4, -0.2) is 11.9 Å². The Balaban J connectivity index is 1.42. The van der Waals surface area contributed by atoms with Crippen molar-refractivity contribution in [2.45, 2.75) is 25.7 Å². The van der Waals surface area contributed by atoms with Crippen LogP contribution in [0, 0.1) is 11.8 Å². The molecular formula is C24H22NO4-. The standard InChI is InChI=1S/C24H23NO4/c26-23(21-7-3-4-8-22(21)24(27)28)25-18-10-13-19(14-11-18)29-20-12-9-16-5-1-2-6-17(16)15-20/h1-2,5-6,9-15,21-22H,3-4,7-8H2,(H,25,26)(H,27,28)/p-1/t21-,22+/m1/s1. The Morgan fingerprint density at radius 3 is 2.21 bits per heavy atom. The zero-order valence-corrected chi connectivity index (χ0v) is 16.0. The second-order valence-electron chi connectivity index (χ2n) is 7.44. The van der Waals surface area contributed by atoms with Crippen LogP contribution in [0.15, 0.2) is 66.7 Å². The second kappa shape index (κ2) is 8.35. The Hall–Kier alpha value is -3.34. The van der Waals surface area contributed by atoms with Gasteiger partial charge < -0.3 is 20.0 Å². The van der Waals surface area contributed by atoms with Crippen molar-refractivity contribution < 1.29 is 19.4 Å². The summed E-state index contributed by atoms with van der Waals surface area (Å²) < 4.78 is 5.91. The van der Waals surface area contributed by atoms with Crippen LogP contribution in [0.25, 0.3) is 10.8 Å². The first-order valence-corrected chi connectivity index (χ1v) is 9.88. The number of ether oxygens (including phenoxy) is 1. The van der Waals surface area contributed by atoms with Crippen LogP contribution in [0.3, 0.4) is 0 Å². The minimum Gasteiger partial charge on any atom is -0.550 e. The molecule has 0 bridgehead atoms. The van der Waals surface area contributed by atoms with E-state index in [1.165, 1.54) is 0 Å². The Morgan fingerprint density at radius 2 is 1.48 bits per heavy atom. The molecule has 1 fully saturated rings. The molecule has 2 atom stereocenters. The lowest BCUT2D eigenvalue weighted by Crippen LogP contribution is -2.42. The van der Waals surface area contributed by atoms with Gasteiger partial charge in [-0.15, -0.1) is 0 Å². The van der Waals surface area contributed by atoms with E-state index < -0.39 is 17.8 Å². The van der Waals surface area contributed by atoms with Crippen molar-refractivity contribution in [3.63, 3.8) is 0 Å². The van der Waals surface area contributed by atoms with E-state index in [9.17, 15) is 14.7 Å². The van der Waals surface area contributed by atoms with Gasteiger partial charge in [-0.05, 0) is 60.0 Å². The van der Waals surface area contributed by atoms with E-state index in [1.807, 2.05) is 42.5 Å². The molecule has 1 amide bonds. The highest BCUT2D eigenvalue weighted by atomic mass is 16.5. The summed E-state index contributed by atoms with van der Waals surface area (Å²) in [6, 6.07) is 21.0. The molecule has 4 rings (SSSR count). The topological polar surface area (TPSA) is 78.5 Å². The fraction of sp³-hybridized carbons (Fsp3) is 0.250. The van der Waals surface area contributed by atoms with Crippen LogP contribution in [0.1, 0.15) is 25.7 Å². The smallest absolute Gasteiger partial charge is 0.228 e. The third-order valence-corrected chi connectivity index (χ3v) is 5.48. The van der Waals surface area contributed by atoms with Gasteiger partial charge in [0, 0.05) is 23.5 Å². The van der Waals surface area contributed by atoms with Crippen molar-refractivity contribution in [3.8, 4) is 11.5 Å². The number of benzene rings is 3. The monoisotopic (exact) mass is 388 g/mol. The van der Waals surface area contributed by atoms with Gasteiger partial charge in [-0.3, -0.25) is 4.79 Å². The highest BCUT2D eigenvalue weighted by molar-refractivity contribution is 5.95. The van der Waals surface area contributed by atoms with E-state index in [1.54, 1.807) is 24.3 Å². The number of anilines is 1. The first-order chi connectivity index (χ1) is 14.1. The number of fused-ring (bicyclic) bond motifs is 1. The van der Waals surface area contributed by atoms with Crippen molar-refractivity contribution in [2.75, 3.05) is 5.32 Å². The summed E-state index contributed by atoms with van der Waals surface area (Å²) in [6.07, 6.45) is 2.76. The highest BCUT2D eigenvalue weighted by Crippen LogP contribution is 2.31. The lowest BCUT2D eigenvalue weighted by atomic mass is 9.78. The highest BCUT2D eigenvalue weighted by Gasteiger charge is 2.31. The molecule has 0 saturated heterocycles. The molecule has 0 heterocycles. The molecule has 1 N–H and O–H groups in total. The first-order valence-electron chi connectivity index (χ1n) is 9.88. The third kappa shape index (κ3) is 4.40. The van der Waals surface area contributed by atoms with E-state index in [0.29, 0.717) is 24.3 Å². The summed E-state index contributed by atoms with van der Waals surface area (Å²) in [4.78, 5) is 23.9. The van der Waals surface area contributed by atoms with Gasteiger partial charge in [0.2, 0.25) is 5.91 Å². The molecule has 5 heteroatoms. The lowest BCUT2D eigenvalue weighted by molar-refractivity contribution is -0.313. The number of carbonyl (C=O) groups excluding carboxylic acids is 2. The fourth-order valence-corrected chi connectivity index (χ4v) is 3.94. The Labute approximate surface area is 169 Å². The van der Waals surface area contributed by atoms with Crippen LogP contribution >= 0.6 is 0 Å². The number of carboxylic acid groups (broad SMARTS) is 1. The van der Waals surface area contributed by atoms with Crippen LogP contribution in [0.2, 0.25) is 0 Å².